The number of fused-ring (bicyclic) bond motifs is 1. The number of halogens is 1. The van der Waals surface area contributed by atoms with Crippen LogP contribution in [0.2, 0.25) is 0 Å². The molecule has 0 saturated carbocycles. The summed E-state index contributed by atoms with van der Waals surface area (Å²) in [5.74, 6) is -0.892. The number of nitrogens with two attached hydrogens (primary N) is 1. The van der Waals surface area contributed by atoms with E-state index in [1.54, 1.807) is 6.20 Å². The molecule has 16 heavy (non-hydrogen) atoms. The molecule has 1 aromatic heterocycles. The van der Waals surface area contributed by atoms with Crippen molar-refractivity contribution in [1.82, 2.24) is 4.98 Å². The molecule has 0 aliphatic heterocycles. The van der Waals surface area contributed by atoms with Gasteiger partial charge >= 0.3 is 0 Å². The van der Waals surface area contributed by atoms with Crippen molar-refractivity contribution < 1.29 is 9.59 Å². The summed E-state index contributed by atoms with van der Waals surface area (Å²) in [6.07, 6.45) is 1.33. The molecule has 0 fully saturated rings. The lowest BCUT2D eigenvalue weighted by atomic mass is 10.1. The van der Waals surface area contributed by atoms with Gasteiger partial charge in [0.15, 0.2) is 5.78 Å². The van der Waals surface area contributed by atoms with Gasteiger partial charge in [0, 0.05) is 27.1 Å². The highest BCUT2D eigenvalue weighted by Crippen LogP contribution is 2.27. The Morgan fingerprint density at radius 3 is 2.81 bits per heavy atom. The molecule has 1 aromatic carbocycles. The van der Waals surface area contributed by atoms with E-state index in [9.17, 15) is 9.59 Å². The summed E-state index contributed by atoms with van der Waals surface area (Å²) in [5.41, 5.74) is 6.34. The average molecular weight is 281 g/mol. The first kappa shape index (κ1) is 10.9. The zero-order chi connectivity index (χ0) is 11.7. The van der Waals surface area contributed by atoms with E-state index in [1.807, 2.05) is 18.2 Å². The van der Waals surface area contributed by atoms with Crippen molar-refractivity contribution in [2.24, 2.45) is 5.73 Å². The SMILES string of the molecule is NC(=O)CC(=O)c1c[nH]c2cccc(Br)c12. The van der Waals surface area contributed by atoms with Gasteiger partial charge in [-0.2, -0.15) is 0 Å². The predicted molar refractivity (Wildman–Crippen MR) is 64.1 cm³/mol. The molecule has 1 amide bonds. The van der Waals surface area contributed by atoms with Gasteiger partial charge < -0.3 is 10.7 Å². The third-order valence-corrected chi connectivity index (χ3v) is 2.95. The maximum absolute atomic E-state index is 11.7. The molecule has 0 aliphatic carbocycles. The van der Waals surface area contributed by atoms with Gasteiger partial charge in [0.05, 0.1) is 6.42 Å². The van der Waals surface area contributed by atoms with Gasteiger partial charge in [0.1, 0.15) is 0 Å². The fraction of sp³-hybridized carbons (Fsp3) is 0.0909. The lowest BCUT2D eigenvalue weighted by Crippen LogP contribution is -2.16. The maximum Gasteiger partial charge on any atom is 0.225 e. The first-order valence-corrected chi connectivity index (χ1v) is 5.46. The number of aromatic nitrogens is 1. The van der Waals surface area contributed by atoms with Gasteiger partial charge in [-0.15, -0.1) is 0 Å². The van der Waals surface area contributed by atoms with E-state index in [0.717, 1.165) is 15.4 Å². The van der Waals surface area contributed by atoms with Crippen LogP contribution in [-0.2, 0) is 4.79 Å². The van der Waals surface area contributed by atoms with Crippen molar-refractivity contribution >= 4 is 38.5 Å². The summed E-state index contributed by atoms with van der Waals surface area (Å²) < 4.78 is 0.819. The Labute approximate surface area is 99.9 Å². The highest BCUT2D eigenvalue weighted by Gasteiger charge is 2.15. The number of carbonyl (C=O) groups excluding carboxylic acids is 2. The predicted octanol–water partition coefficient (Wildman–Crippen LogP) is 1.99. The Morgan fingerprint density at radius 2 is 2.12 bits per heavy atom. The van der Waals surface area contributed by atoms with E-state index in [1.165, 1.54) is 0 Å². The number of amides is 1. The highest BCUT2D eigenvalue weighted by atomic mass is 79.9. The van der Waals surface area contributed by atoms with Crippen LogP contribution in [0.4, 0.5) is 0 Å². The molecule has 0 spiro atoms. The fourth-order valence-electron chi connectivity index (χ4n) is 1.61. The van der Waals surface area contributed by atoms with E-state index < -0.39 is 5.91 Å². The number of Topliss-reactive ketones (excluding diaryl/α,β-unsaturated/α-hetero) is 1. The standard InChI is InChI=1S/C11H9BrN2O2/c12-7-2-1-3-8-11(7)6(5-14-8)9(15)4-10(13)16/h1-3,5,14H,4H2,(H2,13,16). The van der Waals surface area contributed by atoms with Crippen molar-refractivity contribution in [3.8, 4) is 0 Å². The molecule has 2 aromatic rings. The highest BCUT2D eigenvalue weighted by molar-refractivity contribution is 9.10. The van der Waals surface area contributed by atoms with Gasteiger partial charge in [-0.3, -0.25) is 9.59 Å². The largest absolute Gasteiger partial charge is 0.369 e. The van der Waals surface area contributed by atoms with E-state index in [0.29, 0.717) is 5.56 Å². The minimum absolute atomic E-state index is 0.270. The number of ketones is 1. The third kappa shape index (κ3) is 1.86. The Bertz CT molecular complexity index is 574. The molecule has 3 N–H and O–H groups in total. The van der Waals surface area contributed by atoms with E-state index >= 15 is 0 Å². The number of rotatable bonds is 3. The van der Waals surface area contributed by atoms with Crippen LogP contribution in [0.1, 0.15) is 16.8 Å². The summed E-state index contributed by atoms with van der Waals surface area (Å²) in [6.45, 7) is 0. The first-order valence-electron chi connectivity index (χ1n) is 4.66. The molecule has 1 heterocycles. The van der Waals surface area contributed by atoms with Crippen LogP contribution in [-0.4, -0.2) is 16.7 Å². The van der Waals surface area contributed by atoms with Crippen LogP contribution >= 0.6 is 15.9 Å². The normalized spacial score (nSPS) is 10.6. The fourth-order valence-corrected chi connectivity index (χ4v) is 2.19. The lowest BCUT2D eigenvalue weighted by Gasteiger charge is -1.98. The number of hydrogen-bond acceptors (Lipinski definition) is 2. The summed E-state index contributed by atoms with van der Waals surface area (Å²) in [7, 11) is 0. The molecule has 2 rings (SSSR count). The van der Waals surface area contributed by atoms with Crippen LogP contribution in [0.15, 0.2) is 28.9 Å². The van der Waals surface area contributed by atoms with Gasteiger partial charge in [-0.25, -0.2) is 0 Å². The quantitative estimate of drug-likeness (QED) is 0.666. The van der Waals surface area contributed by atoms with E-state index in [2.05, 4.69) is 20.9 Å². The van der Waals surface area contributed by atoms with Gasteiger partial charge in [0.25, 0.3) is 0 Å². The van der Waals surface area contributed by atoms with Gasteiger partial charge in [0.2, 0.25) is 5.91 Å². The first-order chi connectivity index (χ1) is 7.59. The molecule has 0 aliphatic rings. The monoisotopic (exact) mass is 280 g/mol. The molecule has 0 unspecified atom stereocenters. The molecule has 0 radical (unpaired) electrons. The summed E-state index contributed by atoms with van der Waals surface area (Å²) in [4.78, 5) is 25.4. The zero-order valence-corrected chi connectivity index (χ0v) is 9.87. The molecule has 5 heteroatoms. The summed E-state index contributed by atoms with van der Waals surface area (Å²) in [6, 6.07) is 5.57. The second kappa shape index (κ2) is 4.09. The number of H-pyrrole nitrogens is 1. The van der Waals surface area contributed by atoms with Crippen molar-refractivity contribution in [2.45, 2.75) is 6.42 Å². The van der Waals surface area contributed by atoms with Crippen LogP contribution in [0.5, 0.6) is 0 Å². The second-order valence-electron chi connectivity index (χ2n) is 3.43. The zero-order valence-electron chi connectivity index (χ0n) is 8.29. The van der Waals surface area contributed by atoms with Crippen LogP contribution in [0.25, 0.3) is 10.9 Å². The minimum Gasteiger partial charge on any atom is -0.369 e. The molecule has 0 saturated heterocycles. The van der Waals surface area contributed by atoms with Crippen molar-refractivity contribution in [3.63, 3.8) is 0 Å². The Hall–Kier alpha value is -1.62. The van der Waals surface area contributed by atoms with Crippen molar-refractivity contribution in [2.75, 3.05) is 0 Å². The molecule has 4 nitrogen and oxygen atoms in total. The summed E-state index contributed by atoms with van der Waals surface area (Å²) >= 11 is 3.37. The van der Waals surface area contributed by atoms with Gasteiger partial charge in [-0.1, -0.05) is 22.0 Å². The molecule has 82 valence electrons. The number of benzene rings is 1. The Kier molecular flexibility index (Phi) is 2.78. The van der Waals surface area contributed by atoms with Gasteiger partial charge in [-0.05, 0) is 12.1 Å². The lowest BCUT2D eigenvalue weighted by molar-refractivity contribution is -0.117. The van der Waals surface area contributed by atoms with Crippen molar-refractivity contribution in [3.05, 3.63) is 34.4 Å². The topological polar surface area (TPSA) is 76.0 Å². The summed E-state index contributed by atoms with van der Waals surface area (Å²) in [5, 5.41) is 0.786. The molecule has 0 bridgehead atoms. The number of hydrogen-bond donors (Lipinski definition) is 2. The number of aromatic amines is 1. The smallest absolute Gasteiger partial charge is 0.225 e. The third-order valence-electron chi connectivity index (χ3n) is 2.29. The van der Waals surface area contributed by atoms with Crippen LogP contribution in [0, 0.1) is 0 Å². The number of nitrogens with one attached hydrogen (secondary N) is 1. The van der Waals surface area contributed by atoms with E-state index in [4.69, 9.17) is 5.73 Å². The Morgan fingerprint density at radius 1 is 1.38 bits per heavy atom. The van der Waals surface area contributed by atoms with E-state index in [-0.39, 0.29) is 12.2 Å². The molecular formula is C11H9BrN2O2. The average Bonchev–Trinajstić information content (AvgIpc) is 2.61. The minimum atomic E-state index is -0.619. The van der Waals surface area contributed by atoms with Crippen LogP contribution in [0.3, 0.4) is 0 Å². The number of primary amides is 1. The second-order valence-corrected chi connectivity index (χ2v) is 4.29. The molecular weight excluding hydrogens is 272 g/mol. The molecule has 0 atom stereocenters. The van der Waals surface area contributed by atoms with Crippen LogP contribution < -0.4 is 5.73 Å². The van der Waals surface area contributed by atoms with Crippen molar-refractivity contribution in [1.29, 1.82) is 0 Å². The maximum atomic E-state index is 11.7. The number of carbonyl (C=O) groups is 2. The Balaban J connectivity index is 2.53.